The number of nitrogens with one attached hydrogen (secondary N) is 1. The van der Waals surface area contributed by atoms with Gasteiger partial charge in [-0.2, -0.15) is 0 Å². The summed E-state index contributed by atoms with van der Waals surface area (Å²) >= 11 is 0. The minimum Gasteiger partial charge on any atom is -0.464 e. The Morgan fingerprint density at radius 2 is 1.51 bits per heavy atom. The van der Waals surface area contributed by atoms with Gasteiger partial charge in [-0.15, -0.1) is 0 Å². The number of esters is 2. The number of unbranched alkanes of at least 4 members (excludes halogenated alkanes) is 2. The van der Waals surface area contributed by atoms with E-state index in [0.717, 1.165) is 31.9 Å². The van der Waals surface area contributed by atoms with Crippen molar-refractivity contribution in [2.45, 2.75) is 46.5 Å². The van der Waals surface area contributed by atoms with Gasteiger partial charge >= 0.3 is 11.9 Å². The lowest BCUT2D eigenvalue weighted by molar-refractivity contribution is -0.143. The van der Waals surface area contributed by atoms with Crippen molar-refractivity contribution in [2.24, 2.45) is 0 Å². The highest BCUT2D eigenvalue weighted by Gasteiger charge is 2.19. The Morgan fingerprint density at radius 3 is 1.98 bits per heavy atom. The van der Waals surface area contributed by atoms with Crippen LogP contribution in [0.2, 0.25) is 0 Å². The molecule has 2 aromatic carbocycles. The molecule has 0 saturated heterocycles. The van der Waals surface area contributed by atoms with Crippen molar-refractivity contribution in [1.29, 1.82) is 0 Å². The van der Waals surface area contributed by atoms with Gasteiger partial charge in [0.15, 0.2) is 5.78 Å². The number of aryl methyl sites for hydroxylation is 1. The normalized spacial score (nSPS) is 11.3. The molecule has 0 unspecified atom stereocenters. The van der Waals surface area contributed by atoms with Crippen molar-refractivity contribution in [3.8, 4) is 0 Å². The smallest absolute Gasteiger partial charge is 0.325 e. The average Bonchev–Trinajstić information content (AvgIpc) is 2.91. The Labute approximate surface area is 242 Å². The van der Waals surface area contributed by atoms with E-state index in [0.29, 0.717) is 35.7 Å². The SMILES string of the molecule is [C-]#[N+]C(=Cc1ccc(N(CC(=O)OCCCC)CC(=O)OCCCC)cc1C)C(=O)c1ccc(NS(C)(=O)=O)cc1. The highest BCUT2D eigenvalue weighted by Crippen LogP contribution is 2.23. The molecule has 0 aliphatic heterocycles. The maximum Gasteiger partial charge on any atom is 0.325 e. The number of nitrogens with zero attached hydrogens (tertiary/aromatic N) is 2. The summed E-state index contributed by atoms with van der Waals surface area (Å²) in [4.78, 5) is 42.9. The van der Waals surface area contributed by atoms with Crippen LogP contribution in [0.1, 0.15) is 61.0 Å². The number of hydrogen-bond acceptors (Lipinski definition) is 8. The second-order valence-electron chi connectivity index (χ2n) is 9.47. The Balaban J connectivity index is 2.27. The predicted molar refractivity (Wildman–Crippen MR) is 159 cm³/mol. The molecule has 10 nitrogen and oxygen atoms in total. The minimum absolute atomic E-state index is 0.125. The van der Waals surface area contributed by atoms with E-state index in [1.54, 1.807) is 30.0 Å². The molecule has 0 aromatic heterocycles. The van der Waals surface area contributed by atoms with Gasteiger partial charge in [0.25, 0.3) is 0 Å². The number of hydrogen-bond donors (Lipinski definition) is 1. The van der Waals surface area contributed by atoms with Gasteiger partial charge < -0.3 is 19.2 Å². The Hall–Kier alpha value is -4.17. The number of rotatable bonds is 16. The lowest BCUT2D eigenvalue weighted by atomic mass is 10.0. The van der Waals surface area contributed by atoms with Crippen LogP contribution < -0.4 is 9.62 Å². The van der Waals surface area contributed by atoms with Crippen molar-refractivity contribution in [1.82, 2.24) is 0 Å². The molecule has 11 heteroatoms. The number of sulfonamides is 1. The number of carbonyl (C=O) groups is 3. The molecule has 41 heavy (non-hydrogen) atoms. The van der Waals surface area contributed by atoms with Gasteiger partial charge in [-0.1, -0.05) is 44.9 Å². The zero-order chi connectivity index (χ0) is 30.4. The van der Waals surface area contributed by atoms with Crippen LogP contribution in [0.5, 0.6) is 0 Å². The summed E-state index contributed by atoms with van der Waals surface area (Å²) < 4.78 is 35.7. The highest BCUT2D eigenvalue weighted by atomic mass is 32.2. The molecule has 0 atom stereocenters. The molecule has 2 aromatic rings. The van der Waals surface area contributed by atoms with Gasteiger partial charge in [0.1, 0.15) is 13.1 Å². The van der Waals surface area contributed by atoms with Gasteiger partial charge in [-0.05, 0) is 61.2 Å². The number of benzene rings is 2. The Morgan fingerprint density at radius 1 is 0.951 bits per heavy atom. The average molecular weight is 584 g/mol. The molecule has 0 fully saturated rings. The van der Waals surface area contributed by atoms with Gasteiger partial charge in [0.2, 0.25) is 15.7 Å². The van der Waals surface area contributed by atoms with E-state index in [2.05, 4.69) is 9.57 Å². The van der Waals surface area contributed by atoms with Crippen LogP contribution in [-0.4, -0.2) is 58.7 Å². The number of ether oxygens (including phenoxy) is 2. The maximum atomic E-state index is 13.0. The molecule has 0 radical (unpaired) electrons. The standard InChI is InChI=1S/C30H37N3O7S/c1-6-8-16-39-28(34)20-33(21-29(35)40-17-9-7-2)26-15-12-24(22(3)18-26)19-27(31-4)30(36)23-10-13-25(14-11-23)32-41(5,37)38/h10-15,18-19,32H,6-9,16-17,20-21H2,1-3,5H3. The van der Waals surface area contributed by atoms with Crippen molar-refractivity contribution < 1.29 is 32.3 Å². The lowest BCUT2D eigenvalue weighted by Gasteiger charge is -2.24. The van der Waals surface area contributed by atoms with E-state index in [-0.39, 0.29) is 24.4 Å². The number of anilines is 2. The third-order valence-electron chi connectivity index (χ3n) is 5.88. The van der Waals surface area contributed by atoms with Crippen molar-refractivity contribution in [2.75, 3.05) is 42.2 Å². The molecule has 0 aliphatic carbocycles. The van der Waals surface area contributed by atoms with Gasteiger partial charge in [-0.25, -0.2) is 13.3 Å². The predicted octanol–water partition coefficient (Wildman–Crippen LogP) is 5.00. The molecule has 220 valence electrons. The summed E-state index contributed by atoms with van der Waals surface area (Å²) in [5, 5.41) is 0. The van der Waals surface area contributed by atoms with E-state index in [1.165, 1.54) is 30.3 Å². The first-order valence-electron chi connectivity index (χ1n) is 13.4. The maximum absolute atomic E-state index is 13.0. The first kappa shape index (κ1) is 33.0. The first-order chi connectivity index (χ1) is 19.5. The minimum atomic E-state index is -3.46. The fourth-order valence-corrected chi connectivity index (χ4v) is 4.23. The summed E-state index contributed by atoms with van der Waals surface area (Å²) in [6.07, 6.45) is 5.76. The van der Waals surface area contributed by atoms with Crippen molar-refractivity contribution >= 4 is 45.2 Å². The van der Waals surface area contributed by atoms with E-state index < -0.39 is 27.7 Å². The number of Topliss-reactive ketones (excluding diaryl/α,β-unsaturated/α-hetero) is 1. The van der Waals surface area contributed by atoms with Gasteiger partial charge in [0, 0.05) is 16.9 Å². The molecule has 1 N–H and O–H groups in total. The lowest BCUT2D eigenvalue weighted by Crippen LogP contribution is -2.36. The first-order valence-corrected chi connectivity index (χ1v) is 15.2. The second-order valence-corrected chi connectivity index (χ2v) is 11.2. The van der Waals surface area contributed by atoms with Gasteiger partial charge in [-0.3, -0.25) is 14.3 Å². The van der Waals surface area contributed by atoms with Crippen LogP contribution in [0.25, 0.3) is 10.9 Å². The van der Waals surface area contributed by atoms with E-state index in [4.69, 9.17) is 16.0 Å². The Kier molecular flexibility index (Phi) is 13.0. The molecule has 0 spiro atoms. The number of carbonyl (C=O) groups excluding carboxylic acids is 3. The second kappa shape index (κ2) is 16.2. The quantitative estimate of drug-likeness (QED) is 0.0963. The zero-order valence-electron chi connectivity index (χ0n) is 23.9. The summed E-state index contributed by atoms with van der Waals surface area (Å²) in [6.45, 7) is 13.7. The fraction of sp³-hybridized carbons (Fsp3) is 0.400. The van der Waals surface area contributed by atoms with Crippen LogP contribution in [0.4, 0.5) is 11.4 Å². The third-order valence-corrected chi connectivity index (χ3v) is 6.48. The van der Waals surface area contributed by atoms with Crippen LogP contribution >= 0.6 is 0 Å². The summed E-state index contributed by atoms with van der Waals surface area (Å²) in [6, 6.07) is 11.0. The summed E-state index contributed by atoms with van der Waals surface area (Å²) in [7, 11) is -3.46. The van der Waals surface area contributed by atoms with Crippen molar-refractivity contribution in [3.05, 3.63) is 76.3 Å². The number of ketones is 1. The molecular weight excluding hydrogens is 546 g/mol. The van der Waals surface area contributed by atoms with Crippen LogP contribution in [-0.2, 0) is 29.1 Å². The van der Waals surface area contributed by atoms with E-state index in [9.17, 15) is 22.8 Å². The molecule has 0 heterocycles. The van der Waals surface area contributed by atoms with Gasteiger partial charge in [0.05, 0.1) is 26.0 Å². The summed E-state index contributed by atoms with van der Waals surface area (Å²) in [5.41, 5.74) is 2.32. The number of allylic oxidation sites excluding steroid dienone is 1. The molecular formula is C30H37N3O7S. The third kappa shape index (κ3) is 11.5. The fourth-order valence-electron chi connectivity index (χ4n) is 3.67. The van der Waals surface area contributed by atoms with Crippen LogP contribution in [0.3, 0.4) is 0 Å². The molecule has 0 amide bonds. The monoisotopic (exact) mass is 583 g/mol. The zero-order valence-corrected chi connectivity index (χ0v) is 24.8. The Bertz CT molecular complexity index is 1370. The van der Waals surface area contributed by atoms with E-state index >= 15 is 0 Å². The van der Waals surface area contributed by atoms with Crippen LogP contribution in [0.15, 0.2) is 48.2 Å². The topological polar surface area (TPSA) is 123 Å². The molecule has 0 aliphatic rings. The molecule has 0 bridgehead atoms. The largest absolute Gasteiger partial charge is 0.464 e. The summed E-state index contributed by atoms with van der Waals surface area (Å²) in [5.74, 6) is -1.43. The molecule has 2 rings (SSSR count). The van der Waals surface area contributed by atoms with E-state index in [1.807, 2.05) is 13.8 Å². The van der Waals surface area contributed by atoms with Crippen molar-refractivity contribution in [3.63, 3.8) is 0 Å². The van der Waals surface area contributed by atoms with Crippen LogP contribution in [0, 0.1) is 13.5 Å². The molecule has 0 saturated carbocycles. The highest BCUT2D eigenvalue weighted by molar-refractivity contribution is 7.92.